The monoisotopic (exact) mass is 279 g/mol. The van der Waals surface area contributed by atoms with Crippen LogP contribution in [-0.2, 0) is 16.9 Å². The molecule has 0 radical (unpaired) electrons. The van der Waals surface area contributed by atoms with E-state index in [4.69, 9.17) is 4.52 Å². The lowest BCUT2D eigenvalue weighted by atomic mass is 9.95. The van der Waals surface area contributed by atoms with E-state index in [1.807, 2.05) is 0 Å². The third kappa shape index (κ3) is 3.00. The number of carbonyl (C=O) groups is 1. The van der Waals surface area contributed by atoms with Gasteiger partial charge in [0.05, 0.1) is 6.54 Å². The molecule has 1 aromatic carbocycles. The summed E-state index contributed by atoms with van der Waals surface area (Å²) in [5.74, 6) is -0.378. The maximum Gasteiger partial charge on any atom is 0.256 e. The van der Waals surface area contributed by atoms with Gasteiger partial charge in [-0.25, -0.2) is 4.39 Å². The van der Waals surface area contributed by atoms with Crippen LogP contribution in [0.1, 0.15) is 24.2 Å². The Balaban J connectivity index is 2.05. The molecule has 20 heavy (non-hydrogen) atoms. The van der Waals surface area contributed by atoms with Crippen LogP contribution in [-0.4, -0.2) is 21.2 Å². The maximum absolute atomic E-state index is 12.8. The number of aliphatic hydroxyl groups is 1. The molecule has 7 heteroatoms. The third-order valence-corrected chi connectivity index (χ3v) is 2.82. The first-order valence-electron chi connectivity index (χ1n) is 5.95. The van der Waals surface area contributed by atoms with Crippen molar-refractivity contribution in [1.82, 2.24) is 15.5 Å². The first-order chi connectivity index (χ1) is 9.39. The zero-order chi connectivity index (χ0) is 14.8. The number of nitrogens with one attached hydrogen (secondary N) is 1. The van der Waals surface area contributed by atoms with Gasteiger partial charge in [0.1, 0.15) is 5.82 Å². The zero-order valence-corrected chi connectivity index (χ0v) is 11.1. The molecule has 0 aliphatic carbocycles. The van der Waals surface area contributed by atoms with Gasteiger partial charge in [0.2, 0.25) is 5.89 Å². The molecule has 0 spiro atoms. The fourth-order valence-corrected chi connectivity index (χ4v) is 1.65. The number of nitrogens with zero attached hydrogens (tertiary/aromatic N) is 2. The van der Waals surface area contributed by atoms with Crippen molar-refractivity contribution in [1.29, 1.82) is 0 Å². The maximum atomic E-state index is 12.8. The molecule has 106 valence electrons. The molecule has 0 saturated carbocycles. The molecule has 1 atom stereocenters. The van der Waals surface area contributed by atoms with Gasteiger partial charge in [0.25, 0.3) is 5.91 Å². The second kappa shape index (κ2) is 5.38. The van der Waals surface area contributed by atoms with Crippen molar-refractivity contribution in [2.24, 2.45) is 0 Å². The van der Waals surface area contributed by atoms with Crippen LogP contribution in [0.4, 0.5) is 4.39 Å². The summed E-state index contributed by atoms with van der Waals surface area (Å²) in [6.45, 7) is 3.00. The van der Waals surface area contributed by atoms with Crippen molar-refractivity contribution >= 4 is 5.91 Å². The minimum absolute atomic E-state index is 0.0109. The smallest absolute Gasteiger partial charge is 0.256 e. The minimum atomic E-state index is -1.78. The van der Waals surface area contributed by atoms with E-state index in [9.17, 15) is 14.3 Å². The van der Waals surface area contributed by atoms with E-state index in [0.29, 0.717) is 5.82 Å². The lowest BCUT2D eigenvalue weighted by molar-refractivity contribution is -0.139. The summed E-state index contributed by atoms with van der Waals surface area (Å²) in [5, 5.41) is 16.3. The van der Waals surface area contributed by atoms with Gasteiger partial charge in [-0.2, -0.15) is 4.98 Å². The molecule has 0 bridgehead atoms. The molecule has 0 fully saturated rings. The number of benzene rings is 1. The average Bonchev–Trinajstić information content (AvgIpc) is 2.82. The number of hydrogen-bond acceptors (Lipinski definition) is 5. The number of aryl methyl sites for hydroxylation is 1. The number of aromatic nitrogens is 2. The van der Waals surface area contributed by atoms with Crippen LogP contribution in [0, 0.1) is 12.7 Å². The molecule has 0 saturated heterocycles. The van der Waals surface area contributed by atoms with Crippen LogP contribution in [0.25, 0.3) is 0 Å². The highest BCUT2D eigenvalue weighted by Gasteiger charge is 2.32. The lowest BCUT2D eigenvalue weighted by Crippen LogP contribution is -2.41. The predicted molar refractivity (Wildman–Crippen MR) is 66.9 cm³/mol. The van der Waals surface area contributed by atoms with Crippen LogP contribution in [0.3, 0.4) is 0 Å². The Morgan fingerprint density at radius 3 is 2.65 bits per heavy atom. The molecular weight excluding hydrogens is 265 g/mol. The predicted octanol–water partition coefficient (Wildman–Crippen LogP) is 1.04. The summed E-state index contributed by atoms with van der Waals surface area (Å²) >= 11 is 0. The number of carbonyl (C=O) groups excluding carboxylic acids is 1. The SMILES string of the molecule is Cc1noc(CNC(=O)C(C)(O)c2ccc(F)cc2)n1. The van der Waals surface area contributed by atoms with E-state index in [-0.39, 0.29) is 18.0 Å². The van der Waals surface area contributed by atoms with Gasteiger partial charge in [0, 0.05) is 0 Å². The van der Waals surface area contributed by atoms with Gasteiger partial charge in [-0.05, 0) is 31.5 Å². The van der Waals surface area contributed by atoms with Crippen molar-refractivity contribution in [3.8, 4) is 0 Å². The van der Waals surface area contributed by atoms with E-state index >= 15 is 0 Å². The molecule has 2 rings (SSSR count). The quantitative estimate of drug-likeness (QED) is 0.873. The molecular formula is C13H14FN3O3. The average molecular weight is 279 g/mol. The van der Waals surface area contributed by atoms with Crippen LogP contribution in [0.5, 0.6) is 0 Å². The Morgan fingerprint density at radius 2 is 2.10 bits per heavy atom. The molecule has 0 aliphatic rings. The third-order valence-electron chi connectivity index (χ3n) is 2.82. The molecule has 1 amide bonds. The summed E-state index contributed by atoms with van der Waals surface area (Å²) in [7, 11) is 0. The number of rotatable bonds is 4. The van der Waals surface area contributed by atoms with Crippen LogP contribution in [0.2, 0.25) is 0 Å². The number of hydrogen-bond donors (Lipinski definition) is 2. The molecule has 6 nitrogen and oxygen atoms in total. The Bertz CT molecular complexity index is 608. The van der Waals surface area contributed by atoms with Crippen LogP contribution < -0.4 is 5.32 Å². The first-order valence-corrected chi connectivity index (χ1v) is 5.95. The van der Waals surface area contributed by atoms with Gasteiger partial charge in [0.15, 0.2) is 11.4 Å². The fourth-order valence-electron chi connectivity index (χ4n) is 1.65. The topological polar surface area (TPSA) is 88.2 Å². The van der Waals surface area contributed by atoms with Gasteiger partial charge < -0.3 is 14.9 Å². The molecule has 2 N–H and O–H groups in total. The highest BCUT2D eigenvalue weighted by molar-refractivity contribution is 5.85. The van der Waals surface area contributed by atoms with E-state index < -0.39 is 17.3 Å². The normalized spacial score (nSPS) is 13.8. The molecule has 1 heterocycles. The van der Waals surface area contributed by atoms with E-state index in [1.165, 1.54) is 31.2 Å². The van der Waals surface area contributed by atoms with Crippen molar-refractivity contribution in [2.45, 2.75) is 26.0 Å². The van der Waals surface area contributed by atoms with Gasteiger partial charge in [-0.3, -0.25) is 4.79 Å². The summed E-state index contributed by atoms with van der Waals surface area (Å²) < 4.78 is 17.7. The second-order valence-electron chi connectivity index (χ2n) is 4.50. The fraction of sp³-hybridized carbons (Fsp3) is 0.308. The molecule has 1 unspecified atom stereocenters. The van der Waals surface area contributed by atoms with Gasteiger partial charge in [-0.1, -0.05) is 17.3 Å². The van der Waals surface area contributed by atoms with E-state index in [2.05, 4.69) is 15.5 Å². The van der Waals surface area contributed by atoms with Crippen molar-refractivity contribution < 1.29 is 18.8 Å². The molecule has 2 aromatic rings. The Morgan fingerprint density at radius 1 is 1.45 bits per heavy atom. The zero-order valence-electron chi connectivity index (χ0n) is 11.1. The number of halogens is 1. The lowest BCUT2D eigenvalue weighted by Gasteiger charge is -2.22. The Hall–Kier alpha value is -2.28. The largest absolute Gasteiger partial charge is 0.376 e. The summed E-state index contributed by atoms with van der Waals surface area (Å²) in [6, 6.07) is 5.06. The van der Waals surface area contributed by atoms with Crippen LogP contribution >= 0.6 is 0 Å². The summed E-state index contributed by atoms with van der Waals surface area (Å²) in [5.41, 5.74) is -1.49. The van der Waals surface area contributed by atoms with Gasteiger partial charge >= 0.3 is 0 Å². The van der Waals surface area contributed by atoms with Crippen molar-refractivity contribution in [3.05, 3.63) is 47.4 Å². The summed E-state index contributed by atoms with van der Waals surface area (Å²) in [6.07, 6.45) is 0. The highest BCUT2D eigenvalue weighted by Crippen LogP contribution is 2.21. The van der Waals surface area contributed by atoms with E-state index in [0.717, 1.165) is 0 Å². The minimum Gasteiger partial charge on any atom is -0.376 e. The Labute approximate surface area is 114 Å². The first kappa shape index (κ1) is 14.1. The van der Waals surface area contributed by atoms with Gasteiger partial charge in [-0.15, -0.1) is 0 Å². The van der Waals surface area contributed by atoms with Crippen molar-refractivity contribution in [3.63, 3.8) is 0 Å². The van der Waals surface area contributed by atoms with Crippen molar-refractivity contribution in [2.75, 3.05) is 0 Å². The molecule has 1 aromatic heterocycles. The summed E-state index contributed by atoms with van der Waals surface area (Å²) in [4.78, 5) is 15.9. The van der Waals surface area contributed by atoms with E-state index in [1.54, 1.807) is 6.92 Å². The van der Waals surface area contributed by atoms with Crippen LogP contribution in [0.15, 0.2) is 28.8 Å². The number of amides is 1. The molecule has 0 aliphatic heterocycles. The standard InChI is InChI=1S/C13H14FN3O3/c1-8-16-11(20-17-8)7-15-12(18)13(2,19)9-3-5-10(14)6-4-9/h3-6,19H,7H2,1-2H3,(H,15,18). The highest BCUT2D eigenvalue weighted by atomic mass is 19.1. The second-order valence-corrected chi connectivity index (χ2v) is 4.50. The Kier molecular flexibility index (Phi) is 3.80.